The van der Waals surface area contributed by atoms with Gasteiger partial charge in [-0.3, -0.25) is 0 Å². The van der Waals surface area contributed by atoms with Crippen LogP contribution in [0.4, 0.5) is 0 Å². The van der Waals surface area contributed by atoms with Crippen LogP contribution >= 0.6 is 0 Å². The van der Waals surface area contributed by atoms with Gasteiger partial charge in [0.05, 0.1) is 32.0 Å². The van der Waals surface area contributed by atoms with Crippen molar-refractivity contribution in [3.05, 3.63) is 0 Å². The van der Waals surface area contributed by atoms with Gasteiger partial charge in [-0.1, -0.05) is 27.7 Å². The molecule has 13 nitrogen and oxygen atoms in total. The Kier molecular flexibility index (Phi) is 10.4. The lowest BCUT2D eigenvalue weighted by Crippen LogP contribution is -2.65. The summed E-state index contributed by atoms with van der Waals surface area (Å²) in [5, 5.41) is 73.0. The summed E-state index contributed by atoms with van der Waals surface area (Å²) < 4.78 is 37.8. The SMILES string of the molecule is CC1CCC2(OC1)OC1CC3C4CCC5CCC(OC6OC(CO)C(O)C(O)C6OC6OC(CO)C(O)C(O)C6O)CC5(C)C4CCC3(C)C1C2C. The summed E-state index contributed by atoms with van der Waals surface area (Å²) in [6.07, 6.45) is -4.00. The molecule has 7 N–H and O–H groups in total. The summed E-state index contributed by atoms with van der Waals surface area (Å²) in [6.45, 7) is 9.24. The van der Waals surface area contributed by atoms with Crippen molar-refractivity contribution in [3.8, 4) is 0 Å². The standard InChI is InChI=1S/C39H64O13/c1-18-9-12-39(47-17-18)19(2)28-25(52-39)13-24-22-8-6-20-5-7-21(14-38(20,4)23(22)10-11-37(24,28)3)48-36-34(32(45)30(43)27(16-41)50-36)51-35-33(46)31(44)29(42)26(15-40)49-35/h18-36,40-46H,5-17H2,1-4H3. The average Bonchev–Trinajstić information content (AvgIpc) is 3.57. The van der Waals surface area contributed by atoms with E-state index in [-0.39, 0.29) is 23.0 Å². The normalized spacial score (nSPS) is 59.0. The number of ether oxygens (including phenoxy) is 6. The summed E-state index contributed by atoms with van der Waals surface area (Å²) in [5.41, 5.74) is 0.244. The molecular weight excluding hydrogens is 676 g/mol. The smallest absolute Gasteiger partial charge is 0.187 e. The van der Waals surface area contributed by atoms with Crippen molar-refractivity contribution in [1.29, 1.82) is 0 Å². The van der Waals surface area contributed by atoms with Gasteiger partial charge >= 0.3 is 0 Å². The first-order chi connectivity index (χ1) is 24.7. The molecule has 0 amide bonds. The Balaban J connectivity index is 0.980. The van der Waals surface area contributed by atoms with Gasteiger partial charge in [0.15, 0.2) is 18.4 Å². The Morgan fingerprint density at radius 1 is 0.692 bits per heavy atom. The predicted molar refractivity (Wildman–Crippen MR) is 183 cm³/mol. The van der Waals surface area contributed by atoms with Crippen molar-refractivity contribution in [1.82, 2.24) is 0 Å². The molecule has 8 fully saturated rings. The highest BCUT2D eigenvalue weighted by atomic mass is 16.8. The Hall–Kier alpha value is -0.520. The van der Waals surface area contributed by atoms with E-state index in [0.717, 1.165) is 45.1 Å². The van der Waals surface area contributed by atoms with Gasteiger partial charge in [0.1, 0.15) is 48.8 Å². The Bertz CT molecular complexity index is 1260. The molecule has 4 heterocycles. The Labute approximate surface area is 307 Å². The number of fused-ring (bicyclic) bond motifs is 7. The summed E-state index contributed by atoms with van der Waals surface area (Å²) in [5.74, 6) is 3.35. The molecule has 0 aromatic rings. The number of aliphatic hydroxyl groups excluding tert-OH is 7. The van der Waals surface area contributed by atoms with Crippen LogP contribution in [0.5, 0.6) is 0 Å². The molecule has 52 heavy (non-hydrogen) atoms. The zero-order valence-electron chi connectivity index (χ0n) is 31.2. The van der Waals surface area contributed by atoms with Crippen LogP contribution < -0.4 is 0 Å². The molecule has 4 saturated heterocycles. The number of rotatable bonds is 6. The first kappa shape index (κ1) is 38.4. The van der Waals surface area contributed by atoms with Crippen molar-refractivity contribution >= 4 is 0 Å². The summed E-state index contributed by atoms with van der Waals surface area (Å²) in [4.78, 5) is 0. The van der Waals surface area contributed by atoms with Crippen molar-refractivity contribution in [2.45, 2.75) is 171 Å². The number of aliphatic hydroxyl groups is 7. The highest BCUT2D eigenvalue weighted by molar-refractivity contribution is 5.15. The molecule has 0 bridgehead atoms. The average molecular weight is 741 g/mol. The highest BCUT2D eigenvalue weighted by Gasteiger charge is 2.69. The van der Waals surface area contributed by atoms with E-state index in [1.165, 1.54) is 25.7 Å². The largest absolute Gasteiger partial charge is 0.394 e. The van der Waals surface area contributed by atoms with E-state index in [0.29, 0.717) is 41.4 Å². The third kappa shape index (κ3) is 5.98. The molecule has 22 atom stereocenters. The minimum atomic E-state index is -1.71. The van der Waals surface area contributed by atoms with E-state index in [2.05, 4.69) is 27.7 Å². The predicted octanol–water partition coefficient (Wildman–Crippen LogP) is 1.44. The van der Waals surface area contributed by atoms with Gasteiger partial charge in [0.2, 0.25) is 0 Å². The minimum absolute atomic E-state index is 0.0258. The van der Waals surface area contributed by atoms with Crippen LogP contribution in [0, 0.1) is 52.3 Å². The maximum Gasteiger partial charge on any atom is 0.187 e. The monoisotopic (exact) mass is 740 g/mol. The third-order valence-electron chi connectivity index (χ3n) is 16.1. The second-order valence-electron chi connectivity index (χ2n) is 18.7. The van der Waals surface area contributed by atoms with Gasteiger partial charge in [-0.25, -0.2) is 0 Å². The van der Waals surface area contributed by atoms with Crippen LogP contribution in [0.2, 0.25) is 0 Å². The van der Waals surface area contributed by atoms with Crippen LogP contribution in [0.1, 0.15) is 91.9 Å². The van der Waals surface area contributed by atoms with Gasteiger partial charge < -0.3 is 64.2 Å². The molecular formula is C39H64O13. The van der Waals surface area contributed by atoms with Crippen LogP contribution in [-0.4, -0.2) is 135 Å². The Morgan fingerprint density at radius 2 is 1.38 bits per heavy atom. The Morgan fingerprint density at radius 3 is 2.08 bits per heavy atom. The number of hydrogen-bond donors (Lipinski definition) is 7. The molecule has 0 radical (unpaired) electrons. The fourth-order valence-corrected chi connectivity index (χ4v) is 13.3. The van der Waals surface area contributed by atoms with E-state index in [9.17, 15) is 35.7 Å². The van der Waals surface area contributed by atoms with Crippen LogP contribution in [0.3, 0.4) is 0 Å². The van der Waals surface area contributed by atoms with Crippen molar-refractivity contribution in [2.24, 2.45) is 52.3 Å². The lowest BCUT2D eigenvalue weighted by atomic mass is 9.44. The maximum absolute atomic E-state index is 11.2. The second-order valence-corrected chi connectivity index (χ2v) is 18.7. The molecule has 4 saturated carbocycles. The number of hydrogen-bond acceptors (Lipinski definition) is 13. The second kappa shape index (κ2) is 14.1. The summed E-state index contributed by atoms with van der Waals surface area (Å²) in [6, 6.07) is 0. The molecule has 8 rings (SSSR count). The summed E-state index contributed by atoms with van der Waals surface area (Å²) in [7, 11) is 0. The molecule has 0 aromatic heterocycles. The van der Waals surface area contributed by atoms with Crippen molar-refractivity contribution in [3.63, 3.8) is 0 Å². The van der Waals surface area contributed by atoms with Crippen molar-refractivity contribution in [2.75, 3.05) is 19.8 Å². The first-order valence-electron chi connectivity index (χ1n) is 20.3. The molecule has 4 aliphatic carbocycles. The molecule has 1 spiro atoms. The van der Waals surface area contributed by atoms with E-state index in [4.69, 9.17) is 28.4 Å². The van der Waals surface area contributed by atoms with E-state index in [1.807, 2.05) is 0 Å². The molecule has 13 heteroatoms. The van der Waals surface area contributed by atoms with Gasteiger partial charge in [-0.05, 0) is 104 Å². The fourth-order valence-electron chi connectivity index (χ4n) is 13.3. The maximum atomic E-state index is 11.2. The fraction of sp³-hybridized carbons (Fsp3) is 1.00. The highest BCUT2D eigenvalue weighted by Crippen LogP contribution is 2.71. The third-order valence-corrected chi connectivity index (χ3v) is 16.1. The zero-order chi connectivity index (χ0) is 36.9. The molecule has 8 aliphatic rings. The van der Waals surface area contributed by atoms with Gasteiger partial charge in [0, 0.05) is 12.3 Å². The van der Waals surface area contributed by atoms with Crippen molar-refractivity contribution < 1.29 is 64.2 Å². The van der Waals surface area contributed by atoms with E-state index < -0.39 is 80.4 Å². The van der Waals surface area contributed by atoms with E-state index >= 15 is 0 Å². The van der Waals surface area contributed by atoms with Gasteiger partial charge in [-0.2, -0.15) is 0 Å². The molecule has 0 aromatic carbocycles. The summed E-state index contributed by atoms with van der Waals surface area (Å²) >= 11 is 0. The lowest BCUT2D eigenvalue weighted by Gasteiger charge is -2.61. The lowest BCUT2D eigenvalue weighted by molar-refractivity contribution is -0.373. The van der Waals surface area contributed by atoms with Gasteiger partial charge in [0.25, 0.3) is 0 Å². The molecule has 22 unspecified atom stereocenters. The topological polar surface area (TPSA) is 197 Å². The molecule has 298 valence electrons. The molecule has 4 aliphatic heterocycles. The van der Waals surface area contributed by atoms with Crippen LogP contribution in [-0.2, 0) is 28.4 Å². The first-order valence-corrected chi connectivity index (χ1v) is 20.3. The van der Waals surface area contributed by atoms with Crippen LogP contribution in [0.25, 0.3) is 0 Å². The van der Waals surface area contributed by atoms with Crippen LogP contribution in [0.15, 0.2) is 0 Å². The van der Waals surface area contributed by atoms with E-state index in [1.54, 1.807) is 0 Å². The quantitative estimate of drug-likeness (QED) is 0.194. The zero-order valence-corrected chi connectivity index (χ0v) is 31.2. The minimum Gasteiger partial charge on any atom is -0.394 e. The van der Waals surface area contributed by atoms with Gasteiger partial charge in [-0.15, -0.1) is 0 Å².